The van der Waals surface area contributed by atoms with Gasteiger partial charge >= 0.3 is 0 Å². The van der Waals surface area contributed by atoms with Gasteiger partial charge in [-0.15, -0.1) is 0 Å². The fourth-order valence-corrected chi connectivity index (χ4v) is 3.92. The van der Waals surface area contributed by atoms with Crippen molar-refractivity contribution >= 4 is 22.7 Å². The minimum atomic E-state index is -0.277. The molecule has 2 heterocycles. The molecule has 0 fully saturated rings. The highest BCUT2D eigenvalue weighted by molar-refractivity contribution is 6.05. The summed E-state index contributed by atoms with van der Waals surface area (Å²) in [5, 5.41) is 13.3. The van der Waals surface area contributed by atoms with Crippen LogP contribution in [0.3, 0.4) is 0 Å². The Morgan fingerprint density at radius 2 is 1.80 bits per heavy atom. The van der Waals surface area contributed by atoms with Crippen molar-refractivity contribution in [2.75, 3.05) is 28.3 Å². The maximum absolute atomic E-state index is 13.1. The van der Waals surface area contributed by atoms with Gasteiger partial charge in [-0.2, -0.15) is 5.10 Å². The highest BCUT2D eigenvalue weighted by Gasteiger charge is 2.17. The van der Waals surface area contributed by atoms with Crippen molar-refractivity contribution < 1.29 is 14.3 Å². The van der Waals surface area contributed by atoms with Gasteiger partial charge in [0.25, 0.3) is 11.8 Å². The molecule has 0 aliphatic carbocycles. The number of carbonyl (C=O) groups excluding carboxylic acids is 2. The summed E-state index contributed by atoms with van der Waals surface area (Å²) in [6.45, 7) is 1.17. The van der Waals surface area contributed by atoms with Crippen molar-refractivity contribution in [1.82, 2.24) is 30.7 Å². The van der Waals surface area contributed by atoms with Crippen molar-refractivity contribution in [3.63, 3.8) is 0 Å². The molecule has 180 valence electrons. The standard InChI is InChI=1S/C26H28N6O3/c1-27-25(34)23-20-10-9-16(12-22(20)30-31-23)19-11-21(26(35-4)29-14-19)24(33)28-13-17-7-5-6-8-18(17)15-32(2)3/h5-12,14H,13,15H2,1-4H3,(H,27,34)(H,28,33)(H,30,31). The van der Waals surface area contributed by atoms with Gasteiger partial charge in [0.2, 0.25) is 5.88 Å². The van der Waals surface area contributed by atoms with E-state index < -0.39 is 0 Å². The van der Waals surface area contributed by atoms with Crippen LogP contribution in [-0.2, 0) is 13.1 Å². The lowest BCUT2D eigenvalue weighted by Gasteiger charge is -2.15. The molecule has 0 aliphatic rings. The van der Waals surface area contributed by atoms with Crippen LogP contribution in [0.5, 0.6) is 5.88 Å². The summed E-state index contributed by atoms with van der Waals surface area (Å²) in [5.41, 5.74) is 5.14. The quantitative estimate of drug-likeness (QED) is 0.364. The van der Waals surface area contributed by atoms with Crippen LogP contribution in [0.4, 0.5) is 0 Å². The van der Waals surface area contributed by atoms with Gasteiger partial charge in [-0.3, -0.25) is 14.7 Å². The van der Waals surface area contributed by atoms with Crippen molar-refractivity contribution in [2.45, 2.75) is 13.1 Å². The number of pyridine rings is 1. The van der Waals surface area contributed by atoms with E-state index in [0.717, 1.165) is 28.8 Å². The summed E-state index contributed by atoms with van der Waals surface area (Å²) in [6, 6.07) is 15.3. The van der Waals surface area contributed by atoms with Crippen LogP contribution in [0.2, 0.25) is 0 Å². The normalized spacial score (nSPS) is 11.0. The zero-order valence-corrected chi connectivity index (χ0v) is 20.2. The Balaban J connectivity index is 1.60. The molecule has 4 aromatic rings. The average molecular weight is 473 g/mol. The molecule has 9 heteroatoms. The Morgan fingerprint density at radius 1 is 1.03 bits per heavy atom. The number of hydrogen-bond acceptors (Lipinski definition) is 6. The summed E-state index contributed by atoms with van der Waals surface area (Å²) in [5.74, 6) is -0.293. The molecule has 4 rings (SSSR count). The number of benzene rings is 2. The van der Waals surface area contributed by atoms with Crippen molar-refractivity contribution in [3.05, 3.63) is 77.1 Å². The predicted octanol–water partition coefficient (Wildman–Crippen LogP) is 2.98. The molecule has 35 heavy (non-hydrogen) atoms. The third kappa shape index (κ3) is 5.15. The molecular formula is C26H28N6O3. The number of aromatic nitrogens is 3. The van der Waals surface area contributed by atoms with Crippen molar-refractivity contribution in [1.29, 1.82) is 0 Å². The number of fused-ring (bicyclic) bond motifs is 1. The fourth-order valence-electron chi connectivity index (χ4n) is 3.92. The molecule has 0 unspecified atom stereocenters. The largest absolute Gasteiger partial charge is 0.480 e. The van der Waals surface area contributed by atoms with Crippen LogP contribution in [0.1, 0.15) is 32.0 Å². The number of rotatable bonds is 8. The summed E-state index contributed by atoms with van der Waals surface area (Å²) in [6.07, 6.45) is 1.65. The lowest BCUT2D eigenvalue weighted by molar-refractivity contribution is 0.0943. The molecule has 2 amide bonds. The zero-order chi connectivity index (χ0) is 24.9. The number of nitrogens with zero attached hydrogens (tertiary/aromatic N) is 3. The van der Waals surface area contributed by atoms with E-state index >= 15 is 0 Å². The van der Waals surface area contributed by atoms with Gasteiger partial charge in [0.05, 0.1) is 12.6 Å². The topological polar surface area (TPSA) is 112 Å². The van der Waals surface area contributed by atoms with E-state index in [1.165, 1.54) is 7.11 Å². The Kier molecular flexibility index (Phi) is 7.07. The molecule has 0 spiro atoms. The van der Waals surface area contributed by atoms with E-state index in [2.05, 4.69) is 36.8 Å². The molecular weight excluding hydrogens is 444 g/mol. The molecule has 2 aromatic carbocycles. The lowest BCUT2D eigenvalue weighted by Crippen LogP contribution is -2.25. The van der Waals surface area contributed by atoms with Crippen LogP contribution in [0.25, 0.3) is 22.0 Å². The van der Waals surface area contributed by atoms with Gasteiger partial charge in [0, 0.05) is 37.3 Å². The summed E-state index contributed by atoms with van der Waals surface area (Å²) < 4.78 is 5.36. The Labute approximate surface area is 203 Å². The number of nitrogens with one attached hydrogen (secondary N) is 3. The van der Waals surface area contributed by atoms with Gasteiger partial charge in [0.1, 0.15) is 5.56 Å². The Bertz CT molecular complexity index is 1380. The van der Waals surface area contributed by atoms with E-state index in [1.807, 2.05) is 50.5 Å². The monoisotopic (exact) mass is 472 g/mol. The van der Waals surface area contributed by atoms with Gasteiger partial charge < -0.3 is 20.3 Å². The molecule has 0 aliphatic heterocycles. The second-order valence-corrected chi connectivity index (χ2v) is 8.38. The molecule has 0 radical (unpaired) electrons. The second kappa shape index (κ2) is 10.4. The third-order valence-electron chi connectivity index (χ3n) is 5.67. The van der Waals surface area contributed by atoms with E-state index in [1.54, 1.807) is 19.3 Å². The van der Waals surface area contributed by atoms with Crippen molar-refractivity contribution in [3.8, 4) is 17.0 Å². The molecule has 9 nitrogen and oxygen atoms in total. The van der Waals surface area contributed by atoms with E-state index in [-0.39, 0.29) is 17.7 Å². The van der Waals surface area contributed by atoms with Crippen LogP contribution in [0.15, 0.2) is 54.7 Å². The molecule has 0 bridgehead atoms. The lowest BCUT2D eigenvalue weighted by atomic mass is 10.0. The fraction of sp³-hybridized carbons (Fsp3) is 0.231. The van der Waals surface area contributed by atoms with Crippen LogP contribution >= 0.6 is 0 Å². The third-order valence-corrected chi connectivity index (χ3v) is 5.67. The summed E-state index contributed by atoms with van der Waals surface area (Å²) >= 11 is 0. The molecule has 0 saturated heterocycles. The maximum Gasteiger partial charge on any atom is 0.272 e. The number of ether oxygens (including phenoxy) is 1. The van der Waals surface area contributed by atoms with E-state index in [0.29, 0.717) is 28.7 Å². The number of amides is 2. The number of carbonyl (C=O) groups is 2. The molecule has 0 saturated carbocycles. The minimum Gasteiger partial charge on any atom is -0.480 e. The predicted molar refractivity (Wildman–Crippen MR) is 134 cm³/mol. The molecule has 3 N–H and O–H groups in total. The van der Waals surface area contributed by atoms with Gasteiger partial charge in [0.15, 0.2) is 5.69 Å². The number of hydrogen-bond donors (Lipinski definition) is 3. The Morgan fingerprint density at radius 3 is 2.51 bits per heavy atom. The number of methoxy groups -OCH3 is 1. The first kappa shape index (κ1) is 23.9. The van der Waals surface area contributed by atoms with Crippen LogP contribution in [0, 0.1) is 0 Å². The number of H-pyrrole nitrogens is 1. The summed E-state index contributed by atoms with van der Waals surface area (Å²) in [4.78, 5) is 31.6. The number of aromatic amines is 1. The van der Waals surface area contributed by atoms with Crippen molar-refractivity contribution in [2.24, 2.45) is 0 Å². The maximum atomic E-state index is 13.1. The smallest absolute Gasteiger partial charge is 0.272 e. The van der Waals surface area contributed by atoms with Crippen LogP contribution in [-0.4, -0.2) is 60.1 Å². The average Bonchev–Trinajstić information content (AvgIpc) is 3.30. The second-order valence-electron chi connectivity index (χ2n) is 8.38. The highest BCUT2D eigenvalue weighted by Crippen LogP contribution is 2.28. The zero-order valence-electron chi connectivity index (χ0n) is 20.2. The van der Waals surface area contributed by atoms with E-state index in [9.17, 15) is 9.59 Å². The first-order valence-corrected chi connectivity index (χ1v) is 11.2. The molecule has 0 atom stereocenters. The highest BCUT2D eigenvalue weighted by atomic mass is 16.5. The SMILES string of the molecule is CNC(=O)c1n[nH]c2cc(-c3cnc(OC)c(C(=O)NCc4ccccc4CN(C)C)c3)ccc12. The van der Waals surface area contributed by atoms with Gasteiger partial charge in [-0.25, -0.2) is 4.98 Å². The summed E-state index contributed by atoms with van der Waals surface area (Å²) in [7, 11) is 7.07. The van der Waals surface area contributed by atoms with Crippen LogP contribution < -0.4 is 15.4 Å². The first-order chi connectivity index (χ1) is 16.9. The van der Waals surface area contributed by atoms with Gasteiger partial charge in [-0.1, -0.05) is 30.3 Å². The Hall–Kier alpha value is -4.24. The first-order valence-electron chi connectivity index (χ1n) is 11.2. The molecule has 2 aromatic heterocycles. The van der Waals surface area contributed by atoms with E-state index in [4.69, 9.17) is 4.74 Å². The van der Waals surface area contributed by atoms with Gasteiger partial charge in [-0.05, 0) is 49.0 Å². The minimum absolute atomic E-state index is 0.248.